The number of nitrogens with zero attached hydrogens (tertiary/aromatic N) is 3. The van der Waals surface area contributed by atoms with E-state index >= 15 is 0 Å². The van der Waals surface area contributed by atoms with Gasteiger partial charge in [0.15, 0.2) is 0 Å². The lowest BCUT2D eigenvalue weighted by atomic mass is 9.68. The van der Waals surface area contributed by atoms with Gasteiger partial charge >= 0.3 is 0 Å². The third-order valence-corrected chi connectivity index (χ3v) is 4.60. The van der Waals surface area contributed by atoms with Crippen molar-refractivity contribution in [3.8, 4) is 0 Å². The molecule has 1 aliphatic rings. The quantitative estimate of drug-likeness (QED) is 0.878. The molecule has 0 bridgehead atoms. The predicted molar refractivity (Wildman–Crippen MR) is 72.8 cm³/mol. The molecule has 0 radical (unpaired) electrons. The van der Waals surface area contributed by atoms with E-state index in [9.17, 15) is 0 Å². The Morgan fingerprint density at radius 3 is 2.33 bits per heavy atom. The summed E-state index contributed by atoms with van der Waals surface area (Å²) in [5, 5.41) is 7.90. The summed E-state index contributed by atoms with van der Waals surface area (Å²) in [6.07, 6.45) is 6.86. The summed E-state index contributed by atoms with van der Waals surface area (Å²) < 4.78 is 1.81. The van der Waals surface area contributed by atoms with Crippen molar-refractivity contribution < 1.29 is 0 Å². The van der Waals surface area contributed by atoms with Gasteiger partial charge < -0.3 is 5.73 Å². The minimum absolute atomic E-state index is 0.0888. The van der Waals surface area contributed by atoms with Crippen LogP contribution in [-0.4, -0.2) is 15.0 Å². The molecule has 18 heavy (non-hydrogen) atoms. The molecule has 1 saturated carbocycles. The van der Waals surface area contributed by atoms with Crippen LogP contribution < -0.4 is 5.73 Å². The lowest BCUT2D eigenvalue weighted by Gasteiger charge is -2.38. The Balaban J connectivity index is 1.96. The molecule has 0 spiro atoms. The summed E-state index contributed by atoms with van der Waals surface area (Å²) in [4.78, 5) is 0. The molecule has 1 aromatic rings. The SMILES string of the molecule is Cn1nncc1C(N)C1CCC(C(C)(C)C)CC1. The number of hydrogen-bond acceptors (Lipinski definition) is 3. The largest absolute Gasteiger partial charge is 0.322 e. The van der Waals surface area contributed by atoms with Crippen molar-refractivity contribution in [1.29, 1.82) is 0 Å². The first-order valence-electron chi connectivity index (χ1n) is 6.99. The third kappa shape index (κ3) is 2.74. The van der Waals surface area contributed by atoms with E-state index in [1.807, 2.05) is 7.05 Å². The van der Waals surface area contributed by atoms with Crippen LogP contribution in [0.1, 0.15) is 58.2 Å². The van der Waals surface area contributed by atoms with E-state index in [2.05, 4.69) is 31.1 Å². The molecule has 2 N–H and O–H groups in total. The maximum absolute atomic E-state index is 6.37. The maximum atomic E-state index is 6.37. The van der Waals surface area contributed by atoms with Gasteiger partial charge in [-0.25, -0.2) is 0 Å². The first-order valence-corrected chi connectivity index (χ1v) is 6.99. The number of hydrogen-bond donors (Lipinski definition) is 1. The number of nitrogens with two attached hydrogens (primary N) is 1. The fourth-order valence-electron chi connectivity index (χ4n) is 3.19. The molecule has 2 rings (SSSR count). The third-order valence-electron chi connectivity index (χ3n) is 4.60. The molecular formula is C14H26N4. The van der Waals surface area contributed by atoms with Crippen molar-refractivity contribution in [3.05, 3.63) is 11.9 Å². The minimum Gasteiger partial charge on any atom is -0.322 e. The van der Waals surface area contributed by atoms with E-state index in [0.717, 1.165) is 11.6 Å². The second kappa shape index (κ2) is 5.00. The van der Waals surface area contributed by atoms with Crippen LogP contribution in [0.25, 0.3) is 0 Å². The molecule has 102 valence electrons. The van der Waals surface area contributed by atoms with Gasteiger partial charge in [-0.15, -0.1) is 5.10 Å². The molecule has 4 nitrogen and oxygen atoms in total. The Labute approximate surface area is 110 Å². The van der Waals surface area contributed by atoms with Gasteiger partial charge in [0.25, 0.3) is 0 Å². The van der Waals surface area contributed by atoms with Gasteiger partial charge in [0.1, 0.15) is 0 Å². The molecule has 1 atom stereocenters. The number of rotatable bonds is 2. The standard InChI is InChI=1S/C14H26N4/c1-14(2,3)11-7-5-10(6-8-11)13(15)12-9-16-17-18(12)4/h9-11,13H,5-8,15H2,1-4H3. The molecule has 1 heterocycles. The van der Waals surface area contributed by atoms with Crippen molar-refractivity contribution in [2.45, 2.75) is 52.5 Å². The maximum Gasteiger partial charge on any atom is 0.0753 e. The molecule has 1 aromatic heterocycles. The highest BCUT2D eigenvalue weighted by Gasteiger charge is 2.32. The second-order valence-corrected chi connectivity index (χ2v) is 6.79. The van der Waals surface area contributed by atoms with Crippen LogP contribution >= 0.6 is 0 Å². The molecule has 1 aliphatic carbocycles. The second-order valence-electron chi connectivity index (χ2n) is 6.79. The van der Waals surface area contributed by atoms with E-state index in [1.165, 1.54) is 25.7 Å². The molecule has 1 fully saturated rings. The zero-order chi connectivity index (χ0) is 13.3. The van der Waals surface area contributed by atoms with Crippen LogP contribution in [0.2, 0.25) is 0 Å². The smallest absolute Gasteiger partial charge is 0.0753 e. The number of aromatic nitrogens is 3. The van der Waals surface area contributed by atoms with Gasteiger partial charge in [0.05, 0.1) is 17.9 Å². The summed E-state index contributed by atoms with van der Waals surface area (Å²) in [6, 6.07) is 0.0888. The average Bonchev–Trinajstić information content (AvgIpc) is 2.73. The van der Waals surface area contributed by atoms with Crippen LogP contribution in [0.5, 0.6) is 0 Å². The topological polar surface area (TPSA) is 56.7 Å². The van der Waals surface area contributed by atoms with Crippen LogP contribution in [0.15, 0.2) is 6.20 Å². The Hall–Kier alpha value is -0.900. The van der Waals surface area contributed by atoms with E-state index < -0.39 is 0 Å². The highest BCUT2D eigenvalue weighted by Crippen LogP contribution is 2.42. The van der Waals surface area contributed by atoms with Crippen molar-refractivity contribution in [3.63, 3.8) is 0 Å². The van der Waals surface area contributed by atoms with E-state index in [0.29, 0.717) is 11.3 Å². The Morgan fingerprint density at radius 2 is 1.89 bits per heavy atom. The van der Waals surface area contributed by atoms with Crippen molar-refractivity contribution in [1.82, 2.24) is 15.0 Å². The van der Waals surface area contributed by atoms with Crippen LogP contribution in [0.3, 0.4) is 0 Å². The van der Waals surface area contributed by atoms with Gasteiger partial charge in [0.2, 0.25) is 0 Å². The molecule has 0 aliphatic heterocycles. The lowest BCUT2D eigenvalue weighted by molar-refractivity contribution is 0.138. The van der Waals surface area contributed by atoms with Crippen molar-refractivity contribution in [2.75, 3.05) is 0 Å². The van der Waals surface area contributed by atoms with Gasteiger partial charge in [-0.05, 0) is 42.9 Å². The monoisotopic (exact) mass is 250 g/mol. The van der Waals surface area contributed by atoms with E-state index in [1.54, 1.807) is 10.9 Å². The zero-order valence-corrected chi connectivity index (χ0v) is 12.1. The Morgan fingerprint density at radius 1 is 1.28 bits per heavy atom. The summed E-state index contributed by atoms with van der Waals surface area (Å²) in [6.45, 7) is 7.05. The number of aryl methyl sites for hydroxylation is 1. The van der Waals surface area contributed by atoms with Crippen molar-refractivity contribution >= 4 is 0 Å². The summed E-state index contributed by atoms with van der Waals surface area (Å²) in [5.41, 5.74) is 7.87. The fourth-order valence-corrected chi connectivity index (χ4v) is 3.19. The molecule has 0 aromatic carbocycles. The molecule has 4 heteroatoms. The summed E-state index contributed by atoms with van der Waals surface area (Å²) in [5.74, 6) is 1.42. The molecule has 0 saturated heterocycles. The first kappa shape index (κ1) is 13.5. The van der Waals surface area contributed by atoms with Crippen molar-refractivity contribution in [2.24, 2.45) is 30.0 Å². The zero-order valence-electron chi connectivity index (χ0n) is 12.1. The van der Waals surface area contributed by atoms with Gasteiger partial charge in [-0.2, -0.15) is 0 Å². The normalized spacial score (nSPS) is 27.2. The summed E-state index contributed by atoms with van der Waals surface area (Å²) >= 11 is 0. The minimum atomic E-state index is 0.0888. The van der Waals surface area contributed by atoms with E-state index in [-0.39, 0.29) is 6.04 Å². The van der Waals surface area contributed by atoms with Crippen LogP contribution in [0.4, 0.5) is 0 Å². The lowest BCUT2D eigenvalue weighted by Crippen LogP contribution is -2.31. The van der Waals surface area contributed by atoms with Crippen LogP contribution in [0, 0.1) is 17.3 Å². The van der Waals surface area contributed by atoms with Crippen LogP contribution in [-0.2, 0) is 7.05 Å². The first-order chi connectivity index (χ1) is 8.39. The Bertz CT molecular complexity index is 383. The Kier molecular flexibility index (Phi) is 3.76. The highest BCUT2D eigenvalue weighted by molar-refractivity contribution is 5.03. The summed E-state index contributed by atoms with van der Waals surface area (Å²) in [7, 11) is 1.92. The highest BCUT2D eigenvalue weighted by atomic mass is 15.4. The molecular weight excluding hydrogens is 224 g/mol. The van der Waals surface area contributed by atoms with Gasteiger partial charge in [0, 0.05) is 7.05 Å². The predicted octanol–water partition coefficient (Wildman–Crippen LogP) is 2.67. The molecule has 1 unspecified atom stereocenters. The fraction of sp³-hybridized carbons (Fsp3) is 0.857. The van der Waals surface area contributed by atoms with E-state index in [4.69, 9.17) is 5.73 Å². The van der Waals surface area contributed by atoms with Gasteiger partial charge in [-0.1, -0.05) is 26.0 Å². The van der Waals surface area contributed by atoms with Gasteiger partial charge in [-0.3, -0.25) is 4.68 Å². The molecule has 0 amide bonds. The average molecular weight is 250 g/mol.